The molecular weight excluding hydrogens is 314 g/mol. The lowest BCUT2D eigenvalue weighted by molar-refractivity contribution is 0.136. The normalized spacial score (nSPS) is 19.4. The molecule has 7 heteroatoms. The fraction of sp³-hybridized carbons (Fsp3) is 0.500. The predicted molar refractivity (Wildman–Crippen MR) is 74.9 cm³/mol. The van der Waals surface area contributed by atoms with Crippen molar-refractivity contribution in [2.24, 2.45) is 0 Å². The van der Waals surface area contributed by atoms with Gasteiger partial charge in [-0.15, -0.1) is 0 Å². The van der Waals surface area contributed by atoms with Crippen LogP contribution in [0, 0.1) is 0 Å². The first-order valence-corrected chi connectivity index (χ1v) is 6.76. The maximum Gasteiger partial charge on any atom is 0.407 e. The van der Waals surface area contributed by atoms with Crippen LogP contribution < -0.4 is 9.64 Å². The van der Waals surface area contributed by atoms with Crippen LogP contribution in [0.1, 0.15) is 6.92 Å². The molecule has 2 rings (SSSR count). The second kappa shape index (κ2) is 5.64. The molecular formula is C12H16BrN3O3. The van der Waals surface area contributed by atoms with Crippen molar-refractivity contribution < 1.29 is 14.6 Å². The maximum atomic E-state index is 11.0. The number of hydrogen-bond acceptors (Lipinski definition) is 4. The Kier molecular flexibility index (Phi) is 4.14. The molecule has 1 amide bonds. The van der Waals surface area contributed by atoms with E-state index in [2.05, 4.69) is 25.8 Å². The van der Waals surface area contributed by atoms with Crippen molar-refractivity contribution in [2.45, 2.75) is 13.0 Å². The summed E-state index contributed by atoms with van der Waals surface area (Å²) in [6, 6.07) is 1.94. The topological polar surface area (TPSA) is 65.9 Å². The number of nitrogens with zero attached hydrogens (tertiary/aromatic N) is 3. The lowest BCUT2D eigenvalue weighted by atomic mass is 10.2. The highest BCUT2D eigenvalue weighted by Gasteiger charge is 2.27. The van der Waals surface area contributed by atoms with Crippen LogP contribution in [0.2, 0.25) is 0 Å². The molecule has 0 bridgehead atoms. The highest BCUT2D eigenvalue weighted by Crippen LogP contribution is 2.29. The van der Waals surface area contributed by atoms with E-state index in [-0.39, 0.29) is 6.04 Å². The van der Waals surface area contributed by atoms with Gasteiger partial charge in [-0.05, 0) is 22.9 Å². The Bertz CT molecular complexity index is 483. The van der Waals surface area contributed by atoms with Gasteiger partial charge in [0.15, 0.2) is 0 Å². The van der Waals surface area contributed by atoms with E-state index in [0.29, 0.717) is 19.6 Å². The molecule has 0 radical (unpaired) electrons. The molecule has 1 aliphatic heterocycles. The molecule has 1 saturated heterocycles. The van der Waals surface area contributed by atoms with Crippen LogP contribution in [0.15, 0.2) is 16.7 Å². The van der Waals surface area contributed by atoms with Crippen LogP contribution in [0.3, 0.4) is 0 Å². The summed E-state index contributed by atoms with van der Waals surface area (Å²) < 4.78 is 6.05. The first-order chi connectivity index (χ1) is 9.02. The second-order valence-corrected chi connectivity index (χ2v) is 5.30. The van der Waals surface area contributed by atoms with Gasteiger partial charge >= 0.3 is 6.09 Å². The lowest BCUT2D eigenvalue weighted by Gasteiger charge is -2.39. The molecule has 0 spiro atoms. The third-order valence-corrected chi connectivity index (χ3v) is 3.81. The number of amides is 1. The van der Waals surface area contributed by atoms with Gasteiger partial charge in [-0.2, -0.15) is 0 Å². The maximum absolute atomic E-state index is 11.0. The molecule has 1 atom stereocenters. The van der Waals surface area contributed by atoms with Crippen molar-refractivity contribution in [1.29, 1.82) is 0 Å². The minimum Gasteiger partial charge on any atom is -0.495 e. The summed E-state index contributed by atoms with van der Waals surface area (Å²) in [6.45, 7) is 3.59. The standard InChI is InChI=1S/C12H16BrN3O3/c1-8-7-15(12(17)18)3-4-16(8)11-5-10(19-2)9(13)6-14-11/h5-6,8H,3-4,7H2,1-2H3,(H,17,18)/t8-/m0/s1. The van der Waals surface area contributed by atoms with Gasteiger partial charge in [-0.3, -0.25) is 0 Å². The van der Waals surface area contributed by atoms with E-state index in [9.17, 15) is 4.79 Å². The van der Waals surface area contributed by atoms with Gasteiger partial charge in [0, 0.05) is 37.9 Å². The number of aromatic nitrogens is 1. The van der Waals surface area contributed by atoms with Crippen molar-refractivity contribution in [1.82, 2.24) is 9.88 Å². The van der Waals surface area contributed by atoms with Crippen molar-refractivity contribution >= 4 is 27.8 Å². The van der Waals surface area contributed by atoms with E-state index in [1.165, 1.54) is 4.90 Å². The van der Waals surface area contributed by atoms with E-state index >= 15 is 0 Å². The van der Waals surface area contributed by atoms with Crippen LogP contribution in [-0.2, 0) is 0 Å². The van der Waals surface area contributed by atoms with Gasteiger partial charge in [-0.1, -0.05) is 0 Å². The third kappa shape index (κ3) is 2.91. The minimum absolute atomic E-state index is 0.0863. The van der Waals surface area contributed by atoms with Gasteiger partial charge in [-0.25, -0.2) is 9.78 Å². The van der Waals surface area contributed by atoms with E-state index in [4.69, 9.17) is 9.84 Å². The Morgan fingerprint density at radius 3 is 2.89 bits per heavy atom. The highest BCUT2D eigenvalue weighted by molar-refractivity contribution is 9.10. The molecule has 0 saturated carbocycles. The van der Waals surface area contributed by atoms with Crippen molar-refractivity contribution in [3.05, 3.63) is 16.7 Å². The molecule has 2 heterocycles. The number of pyridine rings is 1. The third-order valence-electron chi connectivity index (χ3n) is 3.22. The van der Waals surface area contributed by atoms with E-state index in [1.54, 1.807) is 13.3 Å². The molecule has 1 N–H and O–H groups in total. The van der Waals surface area contributed by atoms with Crippen molar-refractivity contribution in [3.8, 4) is 5.75 Å². The van der Waals surface area contributed by atoms with Gasteiger partial charge in [0.25, 0.3) is 0 Å². The van der Waals surface area contributed by atoms with E-state index in [0.717, 1.165) is 16.0 Å². The zero-order valence-electron chi connectivity index (χ0n) is 10.8. The summed E-state index contributed by atoms with van der Waals surface area (Å²) >= 11 is 3.37. The summed E-state index contributed by atoms with van der Waals surface area (Å²) in [5.41, 5.74) is 0. The van der Waals surface area contributed by atoms with Gasteiger partial charge in [0.05, 0.1) is 11.6 Å². The number of halogens is 1. The Labute approximate surface area is 120 Å². The van der Waals surface area contributed by atoms with E-state index < -0.39 is 6.09 Å². The predicted octanol–water partition coefficient (Wildman–Crippen LogP) is 2.04. The zero-order valence-corrected chi connectivity index (χ0v) is 12.4. The molecule has 0 unspecified atom stereocenters. The number of methoxy groups -OCH3 is 1. The van der Waals surface area contributed by atoms with Gasteiger partial charge in [0.1, 0.15) is 11.6 Å². The first kappa shape index (κ1) is 13.9. The number of anilines is 1. The van der Waals surface area contributed by atoms with Crippen LogP contribution in [0.25, 0.3) is 0 Å². The smallest absolute Gasteiger partial charge is 0.407 e. The van der Waals surface area contributed by atoms with Crippen LogP contribution >= 0.6 is 15.9 Å². The fourth-order valence-electron chi connectivity index (χ4n) is 2.20. The quantitative estimate of drug-likeness (QED) is 0.899. The van der Waals surface area contributed by atoms with Crippen LogP contribution in [0.5, 0.6) is 5.75 Å². The average Bonchev–Trinajstić information content (AvgIpc) is 2.39. The van der Waals surface area contributed by atoms with Crippen LogP contribution in [-0.4, -0.2) is 53.9 Å². The number of carboxylic acid groups (broad SMARTS) is 1. The molecule has 1 aromatic heterocycles. The Hall–Kier alpha value is -1.50. The summed E-state index contributed by atoms with van der Waals surface area (Å²) in [6.07, 6.45) is 0.831. The number of ether oxygens (including phenoxy) is 1. The summed E-state index contributed by atoms with van der Waals surface area (Å²) in [7, 11) is 1.61. The molecule has 0 aliphatic carbocycles. The first-order valence-electron chi connectivity index (χ1n) is 5.97. The summed E-state index contributed by atoms with van der Waals surface area (Å²) in [5, 5.41) is 9.00. The number of piperazine rings is 1. The van der Waals surface area contributed by atoms with Gasteiger partial charge < -0.3 is 19.6 Å². The zero-order chi connectivity index (χ0) is 14.0. The molecule has 1 aromatic rings. The second-order valence-electron chi connectivity index (χ2n) is 4.45. The molecule has 19 heavy (non-hydrogen) atoms. The average molecular weight is 330 g/mol. The van der Waals surface area contributed by atoms with Crippen LogP contribution in [0.4, 0.5) is 10.6 Å². The van der Waals surface area contributed by atoms with E-state index in [1.807, 2.05) is 13.0 Å². The minimum atomic E-state index is -0.868. The Balaban J connectivity index is 2.17. The number of carbonyl (C=O) groups is 1. The molecule has 1 aliphatic rings. The highest BCUT2D eigenvalue weighted by atomic mass is 79.9. The molecule has 104 valence electrons. The SMILES string of the molecule is COc1cc(N2CCN(C(=O)O)C[C@@H]2C)ncc1Br. The van der Waals surface area contributed by atoms with Gasteiger partial charge in [0.2, 0.25) is 0 Å². The lowest BCUT2D eigenvalue weighted by Crippen LogP contribution is -2.53. The monoisotopic (exact) mass is 329 g/mol. The molecule has 0 aromatic carbocycles. The summed E-state index contributed by atoms with van der Waals surface area (Å²) in [4.78, 5) is 18.8. The fourth-order valence-corrected chi connectivity index (χ4v) is 2.57. The molecule has 1 fully saturated rings. The van der Waals surface area contributed by atoms with Crippen molar-refractivity contribution in [3.63, 3.8) is 0 Å². The largest absolute Gasteiger partial charge is 0.495 e. The summed E-state index contributed by atoms with van der Waals surface area (Å²) in [5.74, 6) is 1.52. The number of rotatable bonds is 2. The molecule has 6 nitrogen and oxygen atoms in total. The van der Waals surface area contributed by atoms with Crippen molar-refractivity contribution in [2.75, 3.05) is 31.6 Å². The Morgan fingerprint density at radius 2 is 2.32 bits per heavy atom. The number of hydrogen-bond donors (Lipinski definition) is 1. The Morgan fingerprint density at radius 1 is 1.58 bits per heavy atom.